The van der Waals surface area contributed by atoms with Crippen molar-refractivity contribution in [2.75, 3.05) is 14.1 Å². The van der Waals surface area contributed by atoms with Crippen molar-refractivity contribution >= 4 is 16.6 Å². The number of aryl methyl sites for hydroxylation is 1. The molecule has 2 spiro atoms. The third-order valence-corrected chi connectivity index (χ3v) is 10.9. The molecule has 1 saturated heterocycles. The lowest BCUT2D eigenvalue weighted by Crippen LogP contribution is -2.66. The normalized spacial score (nSPS) is 44.2. The molecule has 0 radical (unpaired) electrons. The number of imidazole rings is 1. The van der Waals surface area contributed by atoms with Crippen molar-refractivity contribution in [3.8, 4) is 6.07 Å². The van der Waals surface area contributed by atoms with Crippen LogP contribution in [-0.2, 0) is 4.74 Å². The first-order valence-electron chi connectivity index (χ1n) is 13.6. The number of benzene rings is 1. The highest BCUT2D eigenvalue weighted by Crippen LogP contribution is 2.72. The van der Waals surface area contributed by atoms with Crippen LogP contribution < -0.4 is 0 Å². The van der Waals surface area contributed by atoms with Gasteiger partial charge >= 0.3 is 0 Å². The molecule has 0 amide bonds. The molecular weight excluding hydrogens is 464 g/mol. The number of nitriles is 1. The lowest BCUT2D eigenvalue weighted by molar-refractivity contribution is -0.223. The molecule has 7 rings (SSSR count). The SMILES string of the molecule is Cc1nc2ccc(C3=CCC4[C@@]56CC[C@]7(C[C@H](N(C)C)[C@@H](O)[C@H](O)C7=CC5(C#N)CC[C@]34C)O6)cc2[nH]1. The summed E-state index contributed by atoms with van der Waals surface area (Å²) in [6.45, 7) is 4.35. The average molecular weight is 501 g/mol. The summed E-state index contributed by atoms with van der Waals surface area (Å²) in [4.78, 5) is 9.95. The molecule has 37 heavy (non-hydrogen) atoms. The Bertz CT molecular complexity index is 1420. The van der Waals surface area contributed by atoms with Crippen LogP contribution in [0.15, 0.2) is 35.9 Å². The first-order valence-corrected chi connectivity index (χ1v) is 13.6. The lowest BCUT2D eigenvalue weighted by atomic mass is 9.49. The van der Waals surface area contributed by atoms with E-state index in [1.54, 1.807) is 0 Å². The quantitative estimate of drug-likeness (QED) is 0.541. The van der Waals surface area contributed by atoms with Gasteiger partial charge in [0.1, 0.15) is 17.3 Å². The molecule has 3 heterocycles. The molecule has 5 aliphatic rings. The van der Waals surface area contributed by atoms with Gasteiger partial charge in [0.2, 0.25) is 0 Å². The van der Waals surface area contributed by atoms with Gasteiger partial charge in [0.25, 0.3) is 0 Å². The van der Waals surface area contributed by atoms with Crippen LogP contribution >= 0.6 is 0 Å². The fourth-order valence-corrected chi connectivity index (χ4v) is 8.99. The van der Waals surface area contributed by atoms with Crippen molar-refractivity contribution in [3.63, 3.8) is 0 Å². The van der Waals surface area contributed by atoms with E-state index in [0.717, 1.165) is 48.1 Å². The number of fused-ring (bicyclic) bond motifs is 2. The molecule has 194 valence electrons. The number of hydrogen-bond acceptors (Lipinski definition) is 6. The van der Waals surface area contributed by atoms with Gasteiger partial charge < -0.3 is 24.8 Å². The van der Waals surface area contributed by atoms with E-state index in [1.165, 1.54) is 11.1 Å². The fourth-order valence-electron chi connectivity index (χ4n) is 8.99. The fraction of sp³-hybridized carbons (Fsp3) is 0.600. The van der Waals surface area contributed by atoms with Crippen LogP contribution in [0, 0.1) is 35.0 Å². The van der Waals surface area contributed by atoms with Crippen LogP contribution in [0.3, 0.4) is 0 Å². The zero-order chi connectivity index (χ0) is 26.0. The van der Waals surface area contributed by atoms with Crippen molar-refractivity contribution in [1.29, 1.82) is 5.26 Å². The number of aromatic amines is 1. The average Bonchev–Trinajstić information content (AvgIpc) is 3.52. The molecule has 1 aromatic carbocycles. The number of nitrogens with one attached hydrogen (secondary N) is 1. The Hall–Kier alpha value is -2.50. The van der Waals surface area contributed by atoms with E-state index in [2.05, 4.69) is 53.3 Å². The number of ether oxygens (including phenoxy) is 1. The van der Waals surface area contributed by atoms with Gasteiger partial charge in [-0.25, -0.2) is 4.98 Å². The highest BCUT2D eigenvalue weighted by atomic mass is 16.5. The van der Waals surface area contributed by atoms with Crippen LogP contribution in [0.25, 0.3) is 16.6 Å². The highest BCUT2D eigenvalue weighted by molar-refractivity contribution is 5.83. The number of H-pyrrole nitrogens is 1. The minimum Gasteiger partial charge on any atom is -0.388 e. The smallest absolute Gasteiger partial charge is 0.105 e. The van der Waals surface area contributed by atoms with Gasteiger partial charge in [0.05, 0.1) is 34.4 Å². The van der Waals surface area contributed by atoms with Gasteiger partial charge in [-0.05, 0) is 93.8 Å². The molecule has 3 N–H and O–H groups in total. The molecule has 2 bridgehead atoms. The van der Waals surface area contributed by atoms with Crippen LogP contribution in [0.2, 0.25) is 0 Å². The van der Waals surface area contributed by atoms with Crippen molar-refractivity contribution in [2.24, 2.45) is 16.7 Å². The summed E-state index contributed by atoms with van der Waals surface area (Å²) in [7, 11) is 3.89. The molecule has 2 aliphatic heterocycles. The van der Waals surface area contributed by atoms with E-state index in [1.807, 2.05) is 25.9 Å². The monoisotopic (exact) mass is 500 g/mol. The Morgan fingerprint density at radius 1 is 1.19 bits per heavy atom. The maximum Gasteiger partial charge on any atom is 0.105 e. The van der Waals surface area contributed by atoms with E-state index in [-0.39, 0.29) is 17.4 Å². The standard InChI is InChI=1S/C30H36N4O3/c1-17-32-21-7-5-18(13-22(21)33-17)19-6-8-24-27(19,2)9-10-28(16-31)14-20-25(35)26(36)23(34(3)4)15-29(20)11-12-30(24,28)37-29/h5-7,13-14,23-26,35-36H,8-12,15H2,1-4H3,(H,32,33)/t23-,24?,25+,26+,27+,28?,29+,30-/m0/s1. The minimum absolute atomic E-state index is 0.117. The maximum absolute atomic E-state index is 11.3. The number of nitrogens with zero attached hydrogens (tertiary/aromatic N) is 3. The summed E-state index contributed by atoms with van der Waals surface area (Å²) in [5.41, 5.74) is 3.18. The zero-order valence-electron chi connectivity index (χ0n) is 22.1. The molecule has 7 nitrogen and oxygen atoms in total. The zero-order valence-corrected chi connectivity index (χ0v) is 22.1. The first-order chi connectivity index (χ1) is 17.6. The molecule has 2 aromatic rings. The molecule has 7 heteroatoms. The van der Waals surface area contributed by atoms with Gasteiger partial charge in [0, 0.05) is 12.0 Å². The van der Waals surface area contributed by atoms with E-state index >= 15 is 0 Å². The summed E-state index contributed by atoms with van der Waals surface area (Å²) >= 11 is 0. The Balaban J connectivity index is 1.32. The summed E-state index contributed by atoms with van der Waals surface area (Å²) < 4.78 is 7.27. The summed E-state index contributed by atoms with van der Waals surface area (Å²) in [6, 6.07) is 9.00. The number of likely N-dealkylation sites (N-methyl/N-ethyl adjacent to an activating group) is 1. The lowest BCUT2D eigenvalue weighted by Gasteiger charge is -2.61. The van der Waals surface area contributed by atoms with E-state index in [4.69, 9.17) is 4.74 Å². The third-order valence-electron chi connectivity index (χ3n) is 10.9. The first kappa shape index (κ1) is 23.6. The van der Waals surface area contributed by atoms with Gasteiger partial charge in [-0.2, -0.15) is 5.26 Å². The molecular formula is C30H36N4O3. The van der Waals surface area contributed by atoms with Crippen molar-refractivity contribution < 1.29 is 14.9 Å². The number of aromatic nitrogens is 2. The van der Waals surface area contributed by atoms with Crippen LogP contribution in [0.4, 0.5) is 0 Å². The number of rotatable bonds is 2. The van der Waals surface area contributed by atoms with Crippen LogP contribution in [0.1, 0.15) is 56.8 Å². The van der Waals surface area contributed by atoms with Crippen LogP contribution in [0.5, 0.6) is 0 Å². The number of allylic oxidation sites excluding steroid dienone is 2. The number of aliphatic hydroxyl groups is 2. The molecule has 8 atom stereocenters. The summed E-state index contributed by atoms with van der Waals surface area (Å²) in [5, 5.41) is 33.0. The van der Waals surface area contributed by atoms with Gasteiger partial charge in [-0.3, -0.25) is 0 Å². The molecule has 2 saturated carbocycles. The molecule has 2 unspecified atom stereocenters. The highest BCUT2D eigenvalue weighted by Gasteiger charge is 2.74. The number of aliphatic hydroxyl groups excluding tert-OH is 2. The molecule has 1 aromatic heterocycles. The number of hydrogen-bond donors (Lipinski definition) is 3. The second kappa shape index (κ2) is 7.33. The minimum atomic E-state index is -1.02. The predicted octanol–water partition coefficient (Wildman–Crippen LogP) is 3.87. The third kappa shape index (κ3) is 2.77. The van der Waals surface area contributed by atoms with Gasteiger partial charge in [0.15, 0.2) is 0 Å². The second-order valence-electron chi connectivity index (χ2n) is 12.7. The van der Waals surface area contributed by atoms with Crippen molar-refractivity contribution in [2.45, 2.75) is 81.8 Å². The van der Waals surface area contributed by atoms with E-state index in [0.29, 0.717) is 12.8 Å². The van der Waals surface area contributed by atoms with Crippen molar-refractivity contribution in [1.82, 2.24) is 14.9 Å². The Kier molecular flexibility index (Phi) is 4.67. The van der Waals surface area contributed by atoms with E-state index < -0.39 is 28.8 Å². The summed E-state index contributed by atoms with van der Waals surface area (Å²) in [5.74, 6) is 1.08. The predicted molar refractivity (Wildman–Crippen MR) is 140 cm³/mol. The van der Waals surface area contributed by atoms with Gasteiger partial charge in [-0.1, -0.05) is 25.1 Å². The Labute approximate surface area is 217 Å². The van der Waals surface area contributed by atoms with Crippen molar-refractivity contribution in [3.05, 3.63) is 47.3 Å². The maximum atomic E-state index is 11.3. The van der Waals surface area contributed by atoms with E-state index in [9.17, 15) is 15.5 Å². The second-order valence-corrected chi connectivity index (χ2v) is 12.7. The topological polar surface area (TPSA) is 105 Å². The molecule has 3 fully saturated rings. The summed E-state index contributed by atoms with van der Waals surface area (Å²) in [6.07, 6.45) is 7.15. The Morgan fingerprint density at radius 2 is 2.00 bits per heavy atom. The Morgan fingerprint density at radius 3 is 2.76 bits per heavy atom. The van der Waals surface area contributed by atoms with Crippen LogP contribution in [-0.4, -0.2) is 68.6 Å². The molecule has 3 aliphatic carbocycles. The van der Waals surface area contributed by atoms with Gasteiger partial charge in [-0.15, -0.1) is 0 Å². The largest absolute Gasteiger partial charge is 0.388 e.